The number of pyridine rings is 2. The third kappa shape index (κ3) is 7.21. The normalized spacial score (nSPS) is 22.9. The van der Waals surface area contributed by atoms with E-state index in [1.807, 2.05) is 24.3 Å². The van der Waals surface area contributed by atoms with Gasteiger partial charge in [-0.15, -0.1) is 0 Å². The highest BCUT2D eigenvalue weighted by atomic mass is 16.6. The molecule has 0 aliphatic carbocycles. The number of hydrogen-bond acceptors (Lipinski definition) is 10. The first-order valence-electron chi connectivity index (χ1n) is 16.6. The first-order chi connectivity index (χ1) is 23.2. The number of ether oxygens (including phenoxy) is 6. The molecule has 2 saturated heterocycles. The fraction of sp³-hybridized carbons (Fsp3) is 0.405. The van der Waals surface area contributed by atoms with E-state index in [2.05, 4.69) is 63.3 Å². The summed E-state index contributed by atoms with van der Waals surface area (Å²) in [5, 5.41) is 0. The van der Waals surface area contributed by atoms with Gasteiger partial charge in [-0.25, -0.2) is 9.97 Å². The molecule has 10 nitrogen and oxygen atoms in total. The van der Waals surface area contributed by atoms with Gasteiger partial charge in [-0.05, 0) is 46.5 Å². The molecule has 0 bridgehead atoms. The lowest BCUT2D eigenvalue weighted by Gasteiger charge is -2.33. The van der Waals surface area contributed by atoms with Gasteiger partial charge < -0.3 is 28.4 Å². The smallest absolute Gasteiger partial charge is 0.258 e. The van der Waals surface area contributed by atoms with Crippen LogP contribution in [0.3, 0.4) is 0 Å². The van der Waals surface area contributed by atoms with E-state index >= 15 is 0 Å². The highest BCUT2D eigenvalue weighted by Gasteiger charge is 2.27. The Kier molecular flexibility index (Phi) is 8.89. The van der Waals surface area contributed by atoms with Crippen molar-refractivity contribution in [2.24, 2.45) is 0 Å². The van der Waals surface area contributed by atoms with Gasteiger partial charge in [-0.2, -0.15) is 0 Å². The average Bonchev–Trinajstić information content (AvgIpc) is 3.12. The van der Waals surface area contributed by atoms with E-state index < -0.39 is 0 Å². The number of hydrogen-bond donors (Lipinski definition) is 0. The van der Waals surface area contributed by atoms with Crippen LogP contribution in [-0.2, 0) is 29.0 Å². The maximum atomic E-state index is 6.37. The van der Waals surface area contributed by atoms with Crippen molar-refractivity contribution >= 4 is 0 Å². The minimum Gasteiger partial charge on any atom is -0.484 e. The van der Waals surface area contributed by atoms with Gasteiger partial charge in [0.15, 0.2) is 23.7 Å². The molecule has 0 spiro atoms. The molecular weight excluding hydrogens is 596 g/mol. The fourth-order valence-electron chi connectivity index (χ4n) is 6.58. The van der Waals surface area contributed by atoms with Crippen LogP contribution in [0.1, 0.15) is 40.2 Å². The molecule has 10 heteroatoms. The zero-order chi connectivity index (χ0) is 31.4. The summed E-state index contributed by atoms with van der Waals surface area (Å²) < 4.78 is 36.0. The third-order valence-corrected chi connectivity index (χ3v) is 9.19. The largest absolute Gasteiger partial charge is 0.484 e. The molecule has 2 fully saturated rings. The van der Waals surface area contributed by atoms with Crippen LogP contribution in [0, 0.1) is 0 Å². The molecule has 0 N–H and O–H groups in total. The van der Waals surface area contributed by atoms with Gasteiger partial charge in [0.2, 0.25) is 0 Å². The van der Waals surface area contributed by atoms with Gasteiger partial charge in [0, 0.05) is 57.6 Å². The summed E-state index contributed by atoms with van der Waals surface area (Å²) >= 11 is 0. The average molecular weight is 637 g/mol. The molecule has 0 saturated carbocycles. The maximum absolute atomic E-state index is 6.37. The lowest BCUT2D eigenvalue weighted by Crippen LogP contribution is -2.43. The number of aromatic nitrogens is 2. The lowest BCUT2D eigenvalue weighted by molar-refractivity contribution is -0.0310. The first kappa shape index (κ1) is 30.1. The monoisotopic (exact) mass is 636 g/mol. The van der Waals surface area contributed by atoms with Crippen molar-refractivity contribution in [3.05, 3.63) is 107 Å². The Bertz CT molecular complexity index is 1650. The molecule has 0 amide bonds. The molecule has 0 radical (unpaired) electrons. The molecule has 8 rings (SSSR count). The molecule has 244 valence electrons. The van der Waals surface area contributed by atoms with E-state index in [0.29, 0.717) is 49.5 Å². The van der Waals surface area contributed by atoms with Crippen LogP contribution in [0.4, 0.5) is 0 Å². The van der Waals surface area contributed by atoms with Crippen molar-refractivity contribution < 1.29 is 28.4 Å². The maximum Gasteiger partial charge on any atom is 0.258 e. The minimum atomic E-state index is -0.194. The number of nitrogens with zero attached hydrogens (tertiary/aromatic N) is 4. The van der Waals surface area contributed by atoms with Gasteiger partial charge >= 0.3 is 0 Å². The summed E-state index contributed by atoms with van der Waals surface area (Å²) in [6.45, 7) is 8.71. The van der Waals surface area contributed by atoms with Crippen molar-refractivity contribution in [1.82, 2.24) is 19.8 Å². The standard InChI is InChI=1S/C37H40N4O6/c1-2-32-36(38-13-1)46-34(24-44-32)28-9-5-27(6-10-28)22-41-16-19-43-31(23-41)20-30-11-12-33-37(39-30)47-35(25-45-33)29-7-3-26(4-8-29)21-40-14-17-42-18-15-40/h1-13,31,34-35H,14-25H2. The Balaban J connectivity index is 0.847. The van der Waals surface area contributed by atoms with Crippen molar-refractivity contribution in [1.29, 1.82) is 0 Å². The summed E-state index contributed by atoms with van der Waals surface area (Å²) in [7, 11) is 0. The van der Waals surface area contributed by atoms with E-state index in [4.69, 9.17) is 33.4 Å². The Hall–Kier alpha value is -4.22. The van der Waals surface area contributed by atoms with Crippen molar-refractivity contribution in [2.45, 2.75) is 37.8 Å². The molecule has 3 atom stereocenters. The van der Waals surface area contributed by atoms with Crippen LogP contribution < -0.4 is 18.9 Å². The van der Waals surface area contributed by atoms with Crippen LogP contribution in [0.15, 0.2) is 79.0 Å². The Morgan fingerprint density at radius 3 is 2.02 bits per heavy atom. The summed E-state index contributed by atoms with van der Waals surface area (Å²) in [5.41, 5.74) is 5.66. The van der Waals surface area contributed by atoms with Crippen molar-refractivity contribution in [3.8, 4) is 23.3 Å². The summed E-state index contributed by atoms with van der Waals surface area (Å²) in [6, 6.07) is 25.0. The van der Waals surface area contributed by atoms with Gasteiger partial charge in [0.1, 0.15) is 13.2 Å². The van der Waals surface area contributed by atoms with E-state index in [-0.39, 0.29) is 18.3 Å². The number of benzene rings is 2. The van der Waals surface area contributed by atoms with E-state index in [1.54, 1.807) is 6.20 Å². The number of fused-ring (bicyclic) bond motifs is 2. The molecule has 2 aromatic carbocycles. The second-order valence-corrected chi connectivity index (χ2v) is 12.6. The molecular formula is C37H40N4O6. The second kappa shape index (κ2) is 13.9. The van der Waals surface area contributed by atoms with Crippen LogP contribution >= 0.6 is 0 Å². The van der Waals surface area contributed by atoms with E-state index in [0.717, 1.165) is 69.3 Å². The Morgan fingerprint density at radius 1 is 0.660 bits per heavy atom. The van der Waals surface area contributed by atoms with Gasteiger partial charge in [0.05, 0.1) is 25.9 Å². The predicted octanol–water partition coefficient (Wildman–Crippen LogP) is 4.78. The number of morpholine rings is 2. The van der Waals surface area contributed by atoms with Crippen LogP contribution in [0.2, 0.25) is 0 Å². The van der Waals surface area contributed by atoms with Crippen LogP contribution in [-0.4, -0.2) is 85.1 Å². The van der Waals surface area contributed by atoms with Crippen LogP contribution in [0.25, 0.3) is 0 Å². The predicted molar refractivity (Wildman–Crippen MR) is 174 cm³/mol. The van der Waals surface area contributed by atoms with Crippen LogP contribution in [0.5, 0.6) is 23.3 Å². The highest BCUT2D eigenvalue weighted by molar-refractivity contribution is 5.38. The molecule has 3 unspecified atom stereocenters. The quantitative estimate of drug-likeness (QED) is 0.270. The Labute approximate surface area is 275 Å². The summed E-state index contributed by atoms with van der Waals surface area (Å²) in [5.74, 6) is 2.48. The SMILES string of the molecule is c1cnc2c(c1)OCC(c1ccc(CN3CCOC(Cc4ccc5c(n4)OC(c4ccc(CN6CCOCC6)cc4)CO5)C3)cc1)O2. The molecule has 47 heavy (non-hydrogen) atoms. The molecule has 4 aliphatic heterocycles. The Morgan fingerprint density at radius 2 is 1.30 bits per heavy atom. The zero-order valence-corrected chi connectivity index (χ0v) is 26.5. The van der Waals surface area contributed by atoms with Crippen molar-refractivity contribution in [3.63, 3.8) is 0 Å². The van der Waals surface area contributed by atoms with E-state index in [9.17, 15) is 0 Å². The molecule has 4 aromatic rings. The number of rotatable bonds is 8. The minimum absolute atomic E-state index is 0.0493. The highest BCUT2D eigenvalue weighted by Crippen LogP contribution is 2.36. The fourth-order valence-corrected chi connectivity index (χ4v) is 6.58. The molecule has 2 aromatic heterocycles. The third-order valence-electron chi connectivity index (χ3n) is 9.19. The van der Waals surface area contributed by atoms with Crippen molar-refractivity contribution in [2.75, 3.05) is 59.2 Å². The first-order valence-corrected chi connectivity index (χ1v) is 16.6. The molecule has 6 heterocycles. The zero-order valence-electron chi connectivity index (χ0n) is 26.5. The lowest BCUT2D eigenvalue weighted by atomic mass is 10.1. The second-order valence-electron chi connectivity index (χ2n) is 12.6. The summed E-state index contributed by atoms with van der Waals surface area (Å²) in [4.78, 5) is 14.0. The van der Waals surface area contributed by atoms with Gasteiger partial charge in [0.25, 0.3) is 11.8 Å². The van der Waals surface area contributed by atoms with Gasteiger partial charge in [-0.3, -0.25) is 9.80 Å². The van der Waals surface area contributed by atoms with Gasteiger partial charge in [-0.1, -0.05) is 48.5 Å². The summed E-state index contributed by atoms with van der Waals surface area (Å²) in [6.07, 6.45) is 2.12. The van der Waals surface area contributed by atoms with E-state index in [1.165, 1.54) is 11.1 Å². The topological polar surface area (TPSA) is 87.6 Å². The molecule has 4 aliphatic rings.